The van der Waals surface area contributed by atoms with Gasteiger partial charge in [-0.05, 0) is 44.4 Å². The van der Waals surface area contributed by atoms with Crippen molar-refractivity contribution >= 4 is 10.0 Å². The summed E-state index contributed by atoms with van der Waals surface area (Å²) in [6.07, 6.45) is 3.87. The number of aliphatic hydroxyl groups is 1. The Hall–Kier alpha value is -0.890. The molecule has 7 heteroatoms. The number of furan rings is 1. The van der Waals surface area contributed by atoms with Gasteiger partial charge in [-0.3, -0.25) is 4.90 Å². The molecule has 1 unspecified atom stereocenters. The normalized spacial score (nSPS) is 24.9. The third-order valence-corrected chi connectivity index (χ3v) is 6.14. The smallest absolute Gasteiger partial charge is 0.276 e. The molecule has 0 spiro atoms. The molecule has 0 saturated carbocycles. The van der Waals surface area contributed by atoms with Crippen LogP contribution < -0.4 is 0 Å². The van der Waals surface area contributed by atoms with Gasteiger partial charge in [0.2, 0.25) is 5.09 Å². The zero-order chi connectivity index (χ0) is 14.9. The van der Waals surface area contributed by atoms with Crippen molar-refractivity contribution in [3.63, 3.8) is 0 Å². The molecule has 0 bridgehead atoms. The van der Waals surface area contributed by atoms with Gasteiger partial charge < -0.3 is 9.52 Å². The van der Waals surface area contributed by atoms with Crippen molar-refractivity contribution in [2.24, 2.45) is 0 Å². The van der Waals surface area contributed by atoms with Crippen LogP contribution in [0.25, 0.3) is 0 Å². The predicted octanol–water partition coefficient (Wildman–Crippen LogP) is 1.02. The minimum Gasteiger partial charge on any atom is -0.447 e. The van der Waals surface area contributed by atoms with Gasteiger partial charge in [0.1, 0.15) is 5.76 Å². The number of hydrogen-bond acceptors (Lipinski definition) is 5. The molecule has 1 aromatic rings. The lowest BCUT2D eigenvalue weighted by Crippen LogP contribution is -2.31. The van der Waals surface area contributed by atoms with Gasteiger partial charge in [0.05, 0.1) is 13.2 Å². The largest absolute Gasteiger partial charge is 0.447 e. The topological polar surface area (TPSA) is 74.0 Å². The molecule has 0 aromatic carbocycles. The van der Waals surface area contributed by atoms with E-state index in [1.807, 2.05) is 0 Å². The highest BCUT2D eigenvalue weighted by atomic mass is 32.2. The van der Waals surface area contributed by atoms with E-state index >= 15 is 0 Å². The van der Waals surface area contributed by atoms with E-state index in [0.29, 0.717) is 25.4 Å². The molecule has 1 aromatic heterocycles. The molecule has 118 valence electrons. The quantitative estimate of drug-likeness (QED) is 0.878. The van der Waals surface area contributed by atoms with Gasteiger partial charge >= 0.3 is 0 Å². The molecular weight excluding hydrogens is 292 g/mol. The maximum absolute atomic E-state index is 12.4. The van der Waals surface area contributed by atoms with Crippen LogP contribution in [-0.4, -0.2) is 55.0 Å². The lowest BCUT2D eigenvalue weighted by molar-refractivity contribution is 0.144. The number of likely N-dealkylation sites (tertiary alicyclic amines) is 1. The summed E-state index contributed by atoms with van der Waals surface area (Å²) in [5, 5.41) is 9.36. The summed E-state index contributed by atoms with van der Waals surface area (Å²) >= 11 is 0. The van der Waals surface area contributed by atoms with Crippen LogP contribution in [0.1, 0.15) is 31.4 Å². The zero-order valence-electron chi connectivity index (χ0n) is 12.1. The Morgan fingerprint density at radius 1 is 1.19 bits per heavy atom. The van der Waals surface area contributed by atoms with E-state index < -0.39 is 10.0 Å². The average Bonchev–Trinajstić information content (AvgIpc) is 3.21. The number of nitrogens with zero attached hydrogens (tertiary/aromatic N) is 2. The third kappa shape index (κ3) is 3.01. The lowest BCUT2D eigenvalue weighted by Gasteiger charge is -2.21. The minimum absolute atomic E-state index is 0.0409. The van der Waals surface area contributed by atoms with Crippen LogP contribution >= 0.6 is 0 Å². The molecule has 2 saturated heterocycles. The highest BCUT2D eigenvalue weighted by molar-refractivity contribution is 7.89. The van der Waals surface area contributed by atoms with Crippen molar-refractivity contribution < 1.29 is 17.9 Å². The summed E-state index contributed by atoms with van der Waals surface area (Å²) in [4.78, 5) is 2.14. The number of aliphatic hydroxyl groups excluding tert-OH is 1. The Morgan fingerprint density at radius 2 is 1.95 bits per heavy atom. The Morgan fingerprint density at radius 3 is 2.67 bits per heavy atom. The average molecular weight is 314 g/mol. The van der Waals surface area contributed by atoms with Gasteiger partial charge in [-0.2, -0.15) is 4.31 Å². The molecule has 6 nitrogen and oxygen atoms in total. The SMILES string of the molecule is O=S(=O)(c1ccc(CN2CCCC2CO)o1)N1CCCC1. The van der Waals surface area contributed by atoms with Crippen molar-refractivity contribution in [2.75, 3.05) is 26.2 Å². The highest BCUT2D eigenvalue weighted by Crippen LogP contribution is 2.25. The van der Waals surface area contributed by atoms with E-state index in [2.05, 4.69) is 4.90 Å². The molecule has 2 aliphatic heterocycles. The first-order chi connectivity index (χ1) is 10.1. The second kappa shape index (κ2) is 6.08. The fourth-order valence-electron chi connectivity index (χ4n) is 3.15. The Kier molecular flexibility index (Phi) is 4.35. The summed E-state index contributed by atoms with van der Waals surface area (Å²) in [5.41, 5.74) is 0. The molecule has 2 aliphatic rings. The summed E-state index contributed by atoms with van der Waals surface area (Å²) < 4.78 is 31.8. The van der Waals surface area contributed by atoms with Gasteiger partial charge in [-0.1, -0.05) is 0 Å². The van der Waals surface area contributed by atoms with Gasteiger partial charge in [0.25, 0.3) is 10.0 Å². The first kappa shape index (κ1) is 15.0. The maximum Gasteiger partial charge on any atom is 0.276 e. The zero-order valence-corrected chi connectivity index (χ0v) is 12.9. The molecule has 1 atom stereocenters. The lowest BCUT2D eigenvalue weighted by atomic mass is 10.2. The maximum atomic E-state index is 12.4. The Labute approximate surface area is 125 Å². The fourth-order valence-corrected chi connectivity index (χ4v) is 4.59. The minimum atomic E-state index is -3.47. The first-order valence-corrected chi connectivity index (χ1v) is 8.99. The van der Waals surface area contributed by atoms with Crippen LogP contribution in [0.4, 0.5) is 0 Å². The van der Waals surface area contributed by atoms with Crippen molar-refractivity contribution in [2.45, 2.75) is 43.4 Å². The predicted molar refractivity (Wildman–Crippen MR) is 77.2 cm³/mol. The van der Waals surface area contributed by atoms with Crippen molar-refractivity contribution in [1.82, 2.24) is 9.21 Å². The van der Waals surface area contributed by atoms with Gasteiger partial charge in [-0.15, -0.1) is 0 Å². The van der Waals surface area contributed by atoms with E-state index in [4.69, 9.17) is 4.42 Å². The number of rotatable bonds is 5. The van der Waals surface area contributed by atoms with Gasteiger partial charge in [-0.25, -0.2) is 8.42 Å². The van der Waals surface area contributed by atoms with Crippen molar-refractivity contribution in [3.05, 3.63) is 17.9 Å². The second-order valence-electron chi connectivity index (χ2n) is 5.78. The summed E-state index contributed by atoms with van der Waals surface area (Å²) in [6.45, 7) is 2.77. The van der Waals surface area contributed by atoms with E-state index in [0.717, 1.165) is 32.2 Å². The van der Waals surface area contributed by atoms with Crippen LogP contribution in [0, 0.1) is 0 Å². The highest BCUT2D eigenvalue weighted by Gasteiger charge is 2.31. The molecule has 0 amide bonds. The molecule has 3 heterocycles. The van der Waals surface area contributed by atoms with Crippen LogP contribution in [0.5, 0.6) is 0 Å². The van der Waals surface area contributed by atoms with E-state index in [-0.39, 0.29) is 17.7 Å². The molecule has 1 N–H and O–H groups in total. The monoisotopic (exact) mass is 314 g/mol. The molecule has 2 fully saturated rings. The molecule has 0 radical (unpaired) electrons. The molecular formula is C14H22N2O4S. The van der Waals surface area contributed by atoms with Crippen molar-refractivity contribution in [3.8, 4) is 0 Å². The summed E-state index contributed by atoms with van der Waals surface area (Å²) in [5.74, 6) is 0.646. The van der Waals surface area contributed by atoms with Crippen LogP contribution in [-0.2, 0) is 16.6 Å². The summed E-state index contributed by atoms with van der Waals surface area (Å²) in [7, 11) is -3.47. The van der Waals surface area contributed by atoms with Gasteiger partial charge in [0.15, 0.2) is 0 Å². The number of hydrogen-bond donors (Lipinski definition) is 1. The Bertz CT molecular complexity index is 578. The second-order valence-corrected chi connectivity index (χ2v) is 7.65. The van der Waals surface area contributed by atoms with Crippen LogP contribution in [0.2, 0.25) is 0 Å². The van der Waals surface area contributed by atoms with E-state index in [9.17, 15) is 13.5 Å². The van der Waals surface area contributed by atoms with E-state index in [1.165, 1.54) is 4.31 Å². The number of sulfonamides is 1. The van der Waals surface area contributed by atoms with Crippen molar-refractivity contribution in [1.29, 1.82) is 0 Å². The van der Waals surface area contributed by atoms with Crippen LogP contribution in [0.3, 0.4) is 0 Å². The first-order valence-electron chi connectivity index (χ1n) is 7.55. The standard InChI is InChI=1S/C14H22N2O4S/c17-11-12-4-3-7-15(12)10-13-5-6-14(20-13)21(18,19)16-8-1-2-9-16/h5-6,12,17H,1-4,7-11H2. The fraction of sp³-hybridized carbons (Fsp3) is 0.714. The third-order valence-electron chi connectivity index (χ3n) is 4.36. The summed E-state index contributed by atoms with van der Waals surface area (Å²) in [6, 6.07) is 3.44. The molecule has 21 heavy (non-hydrogen) atoms. The van der Waals surface area contributed by atoms with Crippen LogP contribution in [0.15, 0.2) is 21.6 Å². The van der Waals surface area contributed by atoms with Gasteiger partial charge in [0, 0.05) is 19.1 Å². The molecule has 0 aliphatic carbocycles. The molecule has 3 rings (SSSR count). The Balaban J connectivity index is 1.71. The van der Waals surface area contributed by atoms with E-state index in [1.54, 1.807) is 12.1 Å².